The van der Waals surface area contributed by atoms with E-state index < -0.39 is 17.9 Å². The van der Waals surface area contributed by atoms with Crippen molar-refractivity contribution < 1.29 is 18.0 Å². The molecule has 4 rings (SSSR count). The molecule has 0 unspecified atom stereocenters. The van der Waals surface area contributed by atoms with Crippen LogP contribution in [0.2, 0.25) is 0 Å². The standard InChI is InChI=1S/C17H16F3N5O2/c18-17(19,20)13-4-5-14(23-22-13)21-16(27)24-7-10-6-11(9-24)12-2-1-3-15(26)25(12)8-10/h1-5,10-11H,6-9H2,(H,21,23,27)/t10-,11+/m0/s1. The number of rotatable bonds is 1. The third-order valence-electron chi connectivity index (χ3n) is 4.96. The third-order valence-corrected chi connectivity index (χ3v) is 4.96. The molecular formula is C17H16F3N5O2. The quantitative estimate of drug-likeness (QED) is 0.825. The number of pyridine rings is 1. The van der Waals surface area contributed by atoms with Gasteiger partial charge in [0.1, 0.15) is 0 Å². The summed E-state index contributed by atoms with van der Waals surface area (Å²) in [4.78, 5) is 26.2. The predicted molar refractivity (Wildman–Crippen MR) is 89.2 cm³/mol. The molecule has 0 aliphatic carbocycles. The number of halogens is 3. The maximum atomic E-state index is 12.5. The van der Waals surface area contributed by atoms with Gasteiger partial charge in [-0.2, -0.15) is 13.2 Å². The Labute approximate surface area is 151 Å². The maximum Gasteiger partial charge on any atom is 0.435 e. The van der Waals surface area contributed by atoms with E-state index in [1.165, 1.54) is 6.07 Å². The fraction of sp³-hybridized carbons (Fsp3) is 0.412. The first kappa shape index (κ1) is 17.5. The van der Waals surface area contributed by atoms with E-state index in [0.29, 0.717) is 19.6 Å². The molecule has 0 saturated carbocycles. The highest BCUT2D eigenvalue weighted by molar-refractivity contribution is 5.88. The van der Waals surface area contributed by atoms with E-state index in [1.54, 1.807) is 15.5 Å². The van der Waals surface area contributed by atoms with Crippen molar-refractivity contribution in [2.45, 2.75) is 25.1 Å². The van der Waals surface area contributed by atoms with Crippen LogP contribution in [-0.4, -0.2) is 38.8 Å². The number of carbonyl (C=O) groups excluding carboxylic acids is 1. The molecule has 2 atom stereocenters. The summed E-state index contributed by atoms with van der Waals surface area (Å²) in [6.45, 7) is 1.45. The van der Waals surface area contributed by atoms with Crippen molar-refractivity contribution in [3.05, 3.63) is 52.1 Å². The van der Waals surface area contributed by atoms with Crippen LogP contribution < -0.4 is 10.9 Å². The molecule has 0 aromatic carbocycles. The van der Waals surface area contributed by atoms with Gasteiger partial charge in [0, 0.05) is 37.3 Å². The van der Waals surface area contributed by atoms with Crippen LogP contribution >= 0.6 is 0 Å². The number of likely N-dealkylation sites (tertiary alicyclic amines) is 1. The van der Waals surface area contributed by atoms with Gasteiger partial charge in [0.25, 0.3) is 5.56 Å². The van der Waals surface area contributed by atoms with Crippen LogP contribution in [0.1, 0.15) is 23.7 Å². The fourth-order valence-corrected chi connectivity index (χ4v) is 3.80. The van der Waals surface area contributed by atoms with Gasteiger partial charge in [-0.3, -0.25) is 10.1 Å². The van der Waals surface area contributed by atoms with Gasteiger partial charge in [0.15, 0.2) is 11.5 Å². The average molecular weight is 379 g/mol. The Morgan fingerprint density at radius 1 is 1.11 bits per heavy atom. The predicted octanol–water partition coefficient (Wildman–Crippen LogP) is 2.31. The lowest BCUT2D eigenvalue weighted by molar-refractivity contribution is -0.141. The summed E-state index contributed by atoms with van der Waals surface area (Å²) >= 11 is 0. The van der Waals surface area contributed by atoms with E-state index in [4.69, 9.17) is 0 Å². The van der Waals surface area contributed by atoms with Crippen LogP contribution in [0.4, 0.5) is 23.8 Å². The lowest BCUT2D eigenvalue weighted by Gasteiger charge is -2.42. The molecule has 0 radical (unpaired) electrons. The Hall–Kier alpha value is -2.91. The van der Waals surface area contributed by atoms with Crippen LogP contribution in [0.25, 0.3) is 0 Å². The number of alkyl halides is 3. The van der Waals surface area contributed by atoms with Gasteiger partial charge in [0.2, 0.25) is 0 Å². The first-order chi connectivity index (χ1) is 12.8. The normalized spacial score (nSPS) is 21.5. The van der Waals surface area contributed by atoms with Crippen LogP contribution in [0.3, 0.4) is 0 Å². The molecule has 2 bridgehead atoms. The van der Waals surface area contributed by atoms with Gasteiger partial charge >= 0.3 is 12.2 Å². The number of urea groups is 1. The van der Waals surface area contributed by atoms with Gasteiger partial charge in [-0.1, -0.05) is 6.07 Å². The number of carbonyl (C=O) groups is 1. The van der Waals surface area contributed by atoms with Gasteiger partial charge in [0.05, 0.1) is 0 Å². The van der Waals surface area contributed by atoms with Crippen molar-refractivity contribution in [3.63, 3.8) is 0 Å². The summed E-state index contributed by atoms with van der Waals surface area (Å²) in [6, 6.07) is 6.54. The highest BCUT2D eigenvalue weighted by Crippen LogP contribution is 2.35. The highest BCUT2D eigenvalue weighted by atomic mass is 19.4. The second-order valence-electron chi connectivity index (χ2n) is 6.83. The van der Waals surface area contributed by atoms with Crippen molar-refractivity contribution in [1.29, 1.82) is 0 Å². The summed E-state index contributed by atoms with van der Waals surface area (Å²) < 4.78 is 39.4. The molecule has 2 aliphatic rings. The Morgan fingerprint density at radius 3 is 2.63 bits per heavy atom. The number of anilines is 1. The zero-order valence-electron chi connectivity index (χ0n) is 14.1. The number of hydrogen-bond acceptors (Lipinski definition) is 4. The Kier molecular flexibility index (Phi) is 4.12. The molecule has 142 valence electrons. The lowest BCUT2D eigenvalue weighted by atomic mass is 9.83. The molecule has 10 heteroatoms. The van der Waals surface area contributed by atoms with Crippen LogP contribution in [0.15, 0.2) is 35.1 Å². The van der Waals surface area contributed by atoms with Gasteiger partial charge in [-0.05, 0) is 30.5 Å². The molecule has 1 N–H and O–H groups in total. The SMILES string of the molecule is O=C(Nc1ccc(C(F)(F)F)nn1)N1C[C@@H]2C[C@H](C1)c1cccc(=O)n1C2. The second-order valence-corrected chi connectivity index (χ2v) is 6.83. The number of hydrogen-bond donors (Lipinski definition) is 1. The lowest BCUT2D eigenvalue weighted by Crippen LogP contribution is -2.50. The highest BCUT2D eigenvalue weighted by Gasteiger charge is 2.36. The second kappa shape index (κ2) is 6.36. The summed E-state index contributed by atoms with van der Waals surface area (Å²) in [5.41, 5.74) is -0.249. The summed E-state index contributed by atoms with van der Waals surface area (Å²) in [7, 11) is 0. The minimum absolute atomic E-state index is 0.0413. The van der Waals surface area contributed by atoms with E-state index in [9.17, 15) is 22.8 Å². The molecule has 1 fully saturated rings. The van der Waals surface area contributed by atoms with Crippen LogP contribution in [0, 0.1) is 5.92 Å². The summed E-state index contributed by atoms with van der Waals surface area (Å²) in [5.74, 6) is 0.164. The van der Waals surface area contributed by atoms with E-state index in [-0.39, 0.29) is 23.2 Å². The fourth-order valence-electron chi connectivity index (χ4n) is 3.80. The zero-order valence-corrected chi connectivity index (χ0v) is 14.1. The van der Waals surface area contributed by atoms with Crippen LogP contribution in [-0.2, 0) is 12.7 Å². The van der Waals surface area contributed by atoms with Gasteiger partial charge < -0.3 is 9.47 Å². The van der Waals surface area contributed by atoms with Crippen molar-refractivity contribution >= 4 is 11.8 Å². The first-order valence-corrected chi connectivity index (χ1v) is 8.48. The number of piperidine rings is 1. The van der Waals surface area contributed by atoms with E-state index in [2.05, 4.69) is 15.5 Å². The number of amides is 2. The van der Waals surface area contributed by atoms with Gasteiger partial charge in [-0.15, -0.1) is 10.2 Å². The minimum atomic E-state index is -4.58. The van der Waals surface area contributed by atoms with E-state index >= 15 is 0 Å². The summed E-state index contributed by atoms with van der Waals surface area (Å²) in [5, 5.41) is 9.02. The van der Waals surface area contributed by atoms with Gasteiger partial charge in [-0.25, -0.2) is 4.79 Å². The number of fused-ring (bicyclic) bond motifs is 4. The Morgan fingerprint density at radius 2 is 1.93 bits per heavy atom. The molecule has 27 heavy (non-hydrogen) atoms. The summed E-state index contributed by atoms with van der Waals surface area (Å²) in [6.07, 6.45) is -3.68. The Bertz CT molecular complexity index is 925. The van der Waals surface area contributed by atoms with Crippen molar-refractivity contribution in [2.24, 2.45) is 5.92 Å². The number of nitrogens with zero attached hydrogens (tertiary/aromatic N) is 4. The molecule has 7 nitrogen and oxygen atoms in total. The van der Waals surface area contributed by atoms with Crippen molar-refractivity contribution in [3.8, 4) is 0 Å². The Balaban J connectivity index is 1.47. The molecular weight excluding hydrogens is 363 g/mol. The first-order valence-electron chi connectivity index (χ1n) is 8.48. The zero-order chi connectivity index (χ0) is 19.2. The third kappa shape index (κ3) is 3.38. The number of aromatic nitrogens is 3. The molecule has 4 heterocycles. The van der Waals surface area contributed by atoms with Crippen molar-refractivity contribution in [1.82, 2.24) is 19.7 Å². The molecule has 1 saturated heterocycles. The molecule has 0 spiro atoms. The molecule has 2 aromatic rings. The van der Waals surface area contributed by atoms with Crippen molar-refractivity contribution in [2.75, 3.05) is 18.4 Å². The van der Waals surface area contributed by atoms with E-state index in [0.717, 1.165) is 24.2 Å². The average Bonchev–Trinajstić information content (AvgIpc) is 2.62. The maximum absolute atomic E-state index is 12.5. The monoisotopic (exact) mass is 379 g/mol. The largest absolute Gasteiger partial charge is 0.435 e. The van der Waals surface area contributed by atoms with E-state index in [1.807, 2.05) is 6.07 Å². The molecule has 2 amide bonds. The molecule has 2 aliphatic heterocycles. The smallest absolute Gasteiger partial charge is 0.323 e. The topological polar surface area (TPSA) is 80.1 Å². The van der Waals surface area contributed by atoms with Crippen LogP contribution in [0.5, 0.6) is 0 Å². The molecule has 2 aromatic heterocycles. The number of nitrogens with one attached hydrogen (secondary N) is 1. The minimum Gasteiger partial charge on any atom is -0.323 e.